The van der Waals surface area contributed by atoms with Crippen molar-refractivity contribution < 1.29 is 9.18 Å². The highest BCUT2D eigenvalue weighted by Gasteiger charge is 2.23. The van der Waals surface area contributed by atoms with Crippen LogP contribution in [0.4, 0.5) is 4.39 Å². The van der Waals surface area contributed by atoms with Crippen LogP contribution in [0.2, 0.25) is 10.0 Å². The highest BCUT2D eigenvalue weighted by atomic mass is 35.5. The Morgan fingerprint density at radius 3 is 2.35 bits per heavy atom. The van der Waals surface area contributed by atoms with Gasteiger partial charge in [0.1, 0.15) is 11.7 Å². The number of halogens is 3. The van der Waals surface area contributed by atoms with Crippen LogP contribution in [0.1, 0.15) is 21.8 Å². The van der Waals surface area contributed by atoms with Gasteiger partial charge in [-0.2, -0.15) is 5.26 Å². The van der Waals surface area contributed by atoms with Gasteiger partial charge in [0, 0.05) is 10.6 Å². The molecule has 2 aromatic rings. The standard InChI is InChI=1S/C15H8Cl2FNO/c16-10-3-1-9(2-4-10)13(8-19)15(20)12-6-5-11(18)7-14(12)17/h1-7,13H. The molecule has 5 heteroatoms. The van der Waals surface area contributed by atoms with Crippen molar-refractivity contribution in [3.8, 4) is 6.07 Å². The first-order valence-corrected chi connectivity index (χ1v) is 6.43. The predicted molar refractivity (Wildman–Crippen MR) is 75.5 cm³/mol. The lowest BCUT2D eigenvalue weighted by atomic mass is 9.92. The number of ketones is 1. The maximum absolute atomic E-state index is 13.0. The normalized spacial score (nSPS) is 11.7. The Kier molecular flexibility index (Phi) is 4.39. The zero-order valence-corrected chi connectivity index (χ0v) is 11.6. The molecule has 0 heterocycles. The lowest BCUT2D eigenvalue weighted by Gasteiger charge is -2.10. The number of nitrogens with zero attached hydrogens (tertiary/aromatic N) is 1. The van der Waals surface area contributed by atoms with Crippen LogP contribution in [0, 0.1) is 17.1 Å². The minimum absolute atomic E-state index is 0.00999. The van der Waals surface area contributed by atoms with Crippen LogP contribution in [0.5, 0.6) is 0 Å². The largest absolute Gasteiger partial charge is 0.292 e. The Morgan fingerprint density at radius 2 is 1.80 bits per heavy atom. The molecular weight excluding hydrogens is 300 g/mol. The topological polar surface area (TPSA) is 40.9 Å². The van der Waals surface area contributed by atoms with Crippen LogP contribution in [-0.4, -0.2) is 5.78 Å². The van der Waals surface area contributed by atoms with Crippen molar-refractivity contribution in [1.29, 1.82) is 5.26 Å². The maximum Gasteiger partial charge on any atom is 0.185 e. The van der Waals surface area contributed by atoms with Gasteiger partial charge in [-0.3, -0.25) is 4.79 Å². The molecule has 2 rings (SSSR count). The average Bonchev–Trinajstić information content (AvgIpc) is 2.41. The molecule has 0 radical (unpaired) electrons. The summed E-state index contributed by atoms with van der Waals surface area (Å²) in [5.74, 6) is -2.01. The van der Waals surface area contributed by atoms with E-state index in [1.54, 1.807) is 24.3 Å². The zero-order valence-electron chi connectivity index (χ0n) is 10.1. The van der Waals surface area contributed by atoms with Gasteiger partial charge in [0.15, 0.2) is 5.78 Å². The molecule has 0 aliphatic heterocycles. The van der Waals surface area contributed by atoms with E-state index in [1.165, 1.54) is 6.07 Å². The first-order valence-electron chi connectivity index (χ1n) is 5.67. The quantitative estimate of drug-likeness (QED) is 0.776. The molecule has 100 valence electrons. The first-order chi connectivity index (χ1) is 9.52. The van der Waals surface area contributed by atoms with E-state index in [0.717, 1.165) is 12.1 Å². The molecule has 0 spiro atoms. The molecule has 0 amide bonds. The summed E-state index contributed by atoms with van der Waals surface area (Å²) in [6.45, 7) is 0. The monoisotopic (exact) mass is 307 g/mol. The summed E-state index contributed by atoms with van der Waals surface area (Å²) in [6.07, 6.45) is 0. The second-order valence-electron chi connectivity index (χ2n) is 4.10. The van der Waals surface area contributed by atoms with E-state index in [0.29, 0.717) is 10.6 Å². The number of carbonyl (C=O) groups excluding carboxylic acids is 1. The van der Waals surface area contributed by atoms with Crippen molar-refractivity contribution in [2.75, 3.05) is 0 Å². The summed E-state index contributed by atoms with van der Waals surface area (Å²) in [6, 6.07) is 11.8. The van der Waals surface area contributed by atoms with E-state index in [9.17, 15) is 14.4 Å². The van der Waals surface area contributed by atoms with E-state index < -0.39 is 17.5 Å². The number of benzene rings is 2. The van der Waals surface area contributed by atoms with Gasteiger partial charge in [0.25, 0.3) is 0 Å². The number of hydrogen-bond donors (Lipinski definition) is 0. The highest BCUT2D eigenvalue weighted by molar-refractivity contribution is 6.34. The third-order valence-electron chi connectivity index (χ3n) is 2.79. The number of carbonyl (C=O) groups is 1. The molecule has 0 saturated carbocycles. The minimum Gasteiger partial charge on any atom is -0.292 e. The Morgan fingerprint density at radius 1 is 1.15 bits per heavy atom. The molecule has 0 bridgehead atoms. The summed E-state index contributed by atoms with van der Waals surface area (Å²) in [5.41, 5.74) is 0.636. The van der Waals surface area contributed by atoms with Gasteiger partial charge in [-0.1, -0.05) is 35.3 Å². The van der Waals surface area contributed by atoms with Crippen molar-refractivity contribution in [1.82, 2.24) is 0 Å². The van der Waals surface area contributed by atoms with Crippen LogP contribution < -0.4 is 0 Å². The van der Waals surface area contributed by atoms with Crippen LogP contribution in [0.25, 0.3) is 0 Å². The number of Topliss-reactive ketones (excluding diaryl/α,β-unsaturated/α-hetero) is 1. The van der Waals surface area contributed by atoms with E-state index in [-0.39, 0.29) is 10.6 Å². The third kappa shape index (κ3) is 2.98. The van der Waals surface area contributed by atoms with Gasteiger partial charge in [0.2, 0.25) is 0 Å². The van der Waals surface area contributed by atoms with Crippen molar-refractivity contribution in [2.24, 2.45) is 0 Å². The van der Waals surface area contributed by atoms with E-state index >= 15 is 0 Å². The molecule has 0 aliphatic rings. The molecule has 0 saturated heterocycles. The van der Waals surface area contributed by atoms with E-state index in [4.69, 9.17) is 23.2 Å². The van der Waals surface area contributed by atoms with Crippen molar-refractivity contribution in [3.05, 3.63) is 69.5 Å². The Hall–Kier alpha value is -1.89. The van der Waals surface area contributed by atoms with Gasteiger partial charge < -0.3 is 0 Å². The summed E-state index contributed by atoms with van der Waals surface area (Å²) in [4.78, 5) is 12.3. The van der Waals surface area contributed by atoms with Gasteiger partial charge in [-0.05, 0) is 35.9 Å². The fraction of sp³-hybridized carbons (Fsp3) is 0.0667. The number of hydrogen-bond acceptors (Lipinski definition) is 2. The lowest BCUT2D eigenvalue weighted by molar-refractivity contribution is 0.0979. The van der Waals surface area contributed by atoms with Crippen molar-refractivity contribution >= 4 is 29.0 Å². The SMILES string of the molecule is N#CC(C(=O)c1ccc(F)cc1Cl)c1ccc(Cl)cc1. The highest BCUT2D eigenvalue weighted by Crippen LogP contribution is 2.26. The second-order valence-corrected chi connectivity index (χ2v) is 4.95. The summed E-state index contributed by atoms with van der Waals surface area (Å²) < 4.78 is 13.0. The zero-order chi connectivity index (χ0) is 14.7. The Bertz CT molecular complexity index is 692. The molecule has 0 aromatic heterocycles. The first kappa shape index (κ1) is 14.5. The minimum atomic E-state index is -1.00. The van der Waals surface area contributed by atoms with Crippen molar-refractivity contribution in [2.45, 2.75) is 5.92 Å². The third-order valence-corrected chi connectivity index (χ3v) is 3.36. The fourth-order valence-electron chi connectivity index (χ4n) is 1.78. The molecule has 1 atom stereocenters. The number of nitriles is 1. The van der Waals surface area contributed by atoms with E-state index in [1.807, 2.05) is 6.07 Å². The molecule has 20 heavy (non-hydrogen) atoms. The predicted octanol–water partition coefficient (Wildman–Crippen LogP) is 4.62. The fourth-order valence-corrected chi connectivity index (χ4v) is 2.17. The smallest absolute Gasteiger partial charge is 0.185 e. The summed E-state index contributed by atoms with van der Waals surface area (Å²) >= 11 is 11.6. The van der Waals surface area contributed by atoms with Crippen LogP contribution in [0.3, 0.4) is 0 Å². The molecule has 0 N–H and O–H groups in total. The van der Waals surface area contributed by atoms with Gasteiger partial charge in [-0.15, -0.1) is 0 Å². The lowest BCUT2D eigenvalue weighted by Crippen LogP contribution is -2.12. The summed E-state index contributed by atoms with van der Waals surface area (Å²) in [7, 11) is 0. The average molecular weight is 308 g/mol. The van der Waals surface area contributed by atoms with Crippen molar-refractivity contribution in [3.63, 3.8) is 0 Å². The maximum atomic E-state index is 13.0. The van der Waals surface area contributed by atoms with Gasteiger partial charge in [-0.25, -0.2) is 4.39 Å². The van der Waals surface area contributed by atoms with E-state index in [2.05, 4.69) is 0 Å². The second kappa shape index (κ2) is 6.04. The molecule has 2 nitrogen and oxygen atoms in total. The molecule has 2 aromatic carbocycles. The Balaban J connectivity index is 2.39. The molecule has 0 fully saturated rings. The summed E-state index contributed by atoms with van der Waals surface area (Å²) in [5, 5.41) is 9.71. The van der Waals surface area contributed by atoms with Gasteiger partial charge in [0.05, 0.1) is 11.1 Å². The van der Waals surface area contributed by atoms with Crippen LogP contribution in [-0.2, 0) is 0 Å². The van der Waals surface area contributed by atoms with Crippen LogP contribution in [0.15, 0.2) is 42.5 Å². The molecule has 1 unspecified atom stereocenters. The molecule has 0 aliphatic carbocycles. The Labute approximate surface area is 125 Å². The number of rotatable bonds is 3. The van der Waals surface area contributed by atoms with Crippen LogP contribution >= 0.6 is 23.2 Å². The van der Waals surface area contributed by atoms with Gasteiger partial charge >= 0.3 is 0 Å². The molecular formula is C15H8Cl2FNO.